The Hall–Kier alpha value is -2.36. The molecule has 0 radical (unpaired) electrons. The fourth-order valence-corrected chi connectivity index (χ4v) is 2.92. The molecule has 0 saturated carbocycles. The van der Waals surface area contributed by atoms with Gasteiger partial charge in [0.25, 0.3) is 0 Å². The van der Waals surface area contributed by atoms with E-state index >= 15 is 0 Å². The molecule has 7 nitrogen and oxygen atoms in total. The fourth-order valence-electron chi connectivity index (χ4n) is 2.92. The van der Waals surface area contributed by atoms with Crippen molar-refractivity contribution in [3.63, 3.8) is 0 Å². The van der Waals surface area contributed by atoms with Crippen LogP contribution in [0.5, 0.6) is 0 Å². The molecule has 0 bridgehead atoms. The third-order valence-electron chi connectivity index (χ3n) is 3.82. The molecule has 2 saturated heterocycles. The van der Waals surface area contributed by atoms with Crippen molar-refractivity contribution in [2.75, 3.05) is 31.1 Å². The van der Waals surface area contributed by atoms with Gasteiger partial charge in [-0.05, 0) is 6.07 Å². The molecule has 7 heteroatoms. The summed E-state index contributed by atoms with van der Waals surface area (Å²) in [6.07, 6.45) is 0.744. The van der Waals surface area contributed by atoms with Crippen molar-refractivity contribution in [3.05, 3.63) is 18.1 Å². The number of amides is 1. The van der Waals surface area contributed by atoms with E-state index in [1.54, 1.807) is 12.3 Å². The number of hydrogen-bond acceptors (Lipinski definition) is 5. The Morgan fingerprint density at radius 1 is 1.37 bits per heavy atom. The zero-order chi connectivity index (χ0) is 13.4. The summed E-state index contributed by atoms with van der Waals surface area (Å²) in [5.41, 5.74) is 0. The summed E-state index contributed by atoms with van der Waals surface area (Å²) in [4.78, 5) is 22.5. The molecule has 1 aromatic rings. The molecule has 19 heavy (non-hydrogen) atoms. The van der Waals surface area contributed by atoms with Gasteiger partial charge < -0.3 is 14.9 Å². The molecule has 0 aliphatic carbocycles. The molecule has 3 rings (SSSR count). The SMILES string of the molecule is N#Cc1nccc(N2C[C@H]3CN(C(=O)O)C[C@@H]3C2)n1. The molecule has 0 unspecified atom stereocenters. The van der Waals surface area contributed by atoms with E-state index in [1.807, 2.05) is 6.07 Å². The van der Waals surface area contributed by atoms with E-state index in [1.165, 1.54) is 4.90 Å². The van der Waals surface area contributed by atoms with E-state index in [4.69, 9.17) is 10.4 Å². The summed E-state index contributed by atoms with van der Waals surface area (Å²) < 4.78 is 0. The molecule has 98 valence electrons. The Kier molecular flexibility index (Phi) is 2.71. The van der Waals surface area contributed by atoms with Crippen LogP contribution in [0.1, 0.15) is 5.82 Å². The number of hydrogen-bond donors (Lipinski definition) is 1. The number of likely N-dealkylation sites (tertiary alicyclic amines) is 1. The van der Waals surface area contributed by atoms with Gasteiger partial charge in [0.05, 0.1) is 0 Å². The molecule has 0 aromatic carbocycles. The normalized spacial score (nSPS) is 25.2. The average Bonchev–Trinajstić information content (AvgIpc) is 2.96. The lowest BCUT2D eigenvalue weighted by Crippen LogP contribution is -2.32. The van der Waals surface area contributed by atoms with Crippen molar-refractivity contribution in [2.45, 2.75) is 0 Å². The van der Waals surface area contributed by atoms with Crippen molar-refractivity contribution in [3.8, 4) is 6.07 Å². The van der Waals surface area contributed by atoms with Gasteiger partial charge in [-0.1, -0.05) is 0 Å². The highest BCUT2D eigenvalue weighted by Crippen LogP contribution is 2.33. The maximum Gasteiger partial charge on any atom is 0.407 e. The van der Waals surface area contributed by atoms with Gasteiger partial charge in [0.2, 0.25) is 5.82 Å². The monoisotopic (exact) mass is 259 g/mol. The van der Waals surface area contributed by atoms with Gasteiger partial charge in [-0.2, -0.15) is 5.26 Å². The maximum absolute atomic E-state index is 10.9. The molecule has 1 N–H and O–H groups in total. The number of anilines is 1. The molecule has 2 atom stereocenters. The van der Waals surface area contributed by atoms with Gasteiger partial charge >= 0.3 is 6.09 Å². The van der Waals surface area contributed by atoms with Crippen LogP contribution >= 0.6 is 0 Å². The van der Waals surface area contributed by atoms with E-state index in [0.29, 0.717) is 24.9 Å². The first-order valence-corrected chi connectivity index (χ1v) is 6.13. The van der Waals surface area contributed by atoms with E-state index in [-0.39, 0.29) is 5.82 Å². The molecule has 1 amide bonds. The zero-order valence-electron chi connectivity index (χ0n) is 10.2. The molecule has 1 aromatic heterocycles. The number of nitriles is 1. The van der Waals surface area contributed by atoms with Crippen LogP contribution in [0.25, 0.3) is 0 Å². The highest BCUT2D eigenvalue weighted by molar-refractivity contribution is 5.65. The number of carboxylic acid groups (broad SMARTS) is 1. The Morgan fingerprint density at radius 2 is 2.05 bits per heavy atom. The third kappa shape index (κ3) is 2.05. The minimum absolute atomic E-state index is 0.168. The fraction of sp³-hybridized carbons (Fsp3) is 0.500. The smallest absolute Gasteiger partial charge is 0.407 e. The summed E-state index contributed by atoms with van der Waals surface area (Å²) in [5, 5.41) is 17.8. The summed E-state index contributed by atoms with van der Waals surface area (Å²) in [5.74, 6) is 1.64. The quantitative estimate of drug-likeness (QED) is 0.784. The zero-order valence-corrected chi connectivity index (χ0v) is 10.2. The highest BCUT2D eigenvalue weighted by atomic mass is 16.4. The van der Waals surface area contributed by atoms with Gasteiger partial charge in [-0.3, -0.25) is 0 Å². The predicted octanol–water partition coefficient (Wildman–Crippen LogP) is 0.394. The van der Waals surface area contributed by atoms with Gasteiger partial charge in [-0.15, -0.1) is 0 Å². The van der Waals surface area contributed by atoms with Gasteiger partial charge in [-0.25, -0.2) is 14.8 Å². The second kappa shape index (κ2) is 4.39. The number of fused-ring (bicyclic) bond motifs is 1. The van der Waals surface area contributed by atoms with Gasteiger partial charge in [0.1, 0.15) is 11.9 Å². The molecular formula is C12H13N5O2. The Morgan fingerprint density at radius 3 is 2.63 bits per heavy atom. The molecule has 2 fully saturated rings. The maximum atomic E-state index is 10.9. The largest absolute Gasteiger partial charge is 0.465 e. The first-order chi connectivity index (χ1) is 9.17. The van der Waals surface area contributed by atoms with Crippen LogP contribution in [0.15, 0.2) is 12.3 Å². The van der Waals surface area contributed by atoms with E-state index < -0.39 is 6.09 Å². The van der Waals surface area contributed by atoms with E-state index in [0.717, 1.165) is 18.9 Å². The average molecular weight is 259 g/mol. The summed E-state index contributed by atoms with van der Waals surface area (Å²) in [6, 6.07) is 3.72. The summed E-state index contributed by atoms with van der Waals surface area (Å²) >= 11 is 0. The van der Waals surface area contributed by atoms with Crippen molar-refractivity contribution in [2.24, 2.45) is 11.8 Å². The van der Waals surface area contributed by atoms with Crippen LogP contribution in [-0.2, 0) is 0 Å². The molecule has 2 aliphatic rings. The lowest BCUT2D eigenvalue weighted by molar-refractivity contribution is 0.153. The van der Waals surface area contributed by atoms with Crippen molar-refractivity contribution in [1.82, 2.24) is 14.9 Å². The first-order valence-electron chi connectivity index (χ1n) is 6.13. The highest BCUT2D eigenvalue weighted by Gasteiger charge is 2.42. The standard InChI is InChI=1S/C12H13N5O2/c13-3-10-14-2-1-11(15-10)16-4-8-6-17(12(18)19)7-9(8)5-16/h1-2,8-9H,4-7H2,(H,18,19)/t8-,9-/m0/s1. The second-order valence-electron chi connectivity index (χ2n) is 4.96. The topological polar surface area (TPSA) is 93.4 Å². The van der Waals surface area contributed by atoms with Crippen LogP contribution in [0, 0.1) is 23.2 Å². The number of carbonyl (C=O) groups is 1. The number of aromatic nitrogens is 2. The number of rotatable bonds is 1. The van der Waals surface area contributed by atoms with Crippen LogP contribution in [0.2, 0.25) is 0 Å². The van der Waals surface area contributed by atoms with E-state index in [2.05, 4.69) is 14.9 Å². The first kappa shape index (κ1) is 11.7. The van der Waals surface area contributed by atoms with Crippen LogP contribution in [0.3, 0.4) is 0 Å². The molecular weight excluding hydrogens is 246 g/mol. The summed E-state index contributed by atoms with van der Waals surface area (Å²) in [6.45, 7) is 2.76. The van der Waals surface area contributed by atoms with Crippen molar-refractivity contribution >= 4 is 11.9 Å². The van der Waals surface area contributed by atoms with E-state index in [9.17, 15) is 4.79 Å². The van der Waals surface area contributed by atoms with Crippen molar-refractivity contribution in [1.29, 1.82) is 5.26 Å². The Balaban J connectivity index is 1.72. The van der Waals surface area contributed by atoms with Crippen LogP contribution < -0.4 is 4.90 Å². The molecule has 2 aliphatic heterocycles. The molecule has 0 spiro atoms. The van der Waals surface area contributed by atoms with Crippen molar-refractivity contribution < 1.29 is 9.90 Å². The Bertz CT molecular complexity index is 541. The Labute approximate surface area is 110 Å². The van der Waals surface area contributed by atoms with Gasteiger partial charge in [0, 0.05) is 44.2 Å². The van der Waals surface area contributed by atoms with Crippen LogP contribution in [0.4, 0.5) is 10.6 Å². The van der Waals surface area contributed by atoms with Crippen LogP contribution in [-0.4, -0.2) is 52.2 Å². The minimum atomic E-state index is -0.838. The van der Waals surface area contributed by atoms with Gasteiger partial charge in [0.15, 0.2) is 0 Å². The number of nitrogens with zero attached hydrogens (tertiary/aromatic N) is 5. The lowest BCUT2D eigenvalue weighted by Gasteiger charge is -2.20. The molecule has 3 heterocycles. The predicted molar refractivity (Wildman–Crippen MR) is 65.5 cm³/mol. The summed E-state index contributed by atoms with van der Waals surface area (Å²) in [7, 11) is 0. The minimum Gasteiger partial charge on any atom is -0.465 e. The third-order valence-corrected chi connectivity index (χ3v) is 3.82. The lowest BCUT2D eigenvalue weighted by atomic mass is 10.0. The second-order valence-corrected chi connectivity index (χ2v) is 4.96.